The lowest BCUT2D eigenvalue weighted by atomic mass is 10.1. The predicted molar refractivity (Wildman–Crippen MR) is 112 cm³/mol. The van der Waals surface area contributed by atoms with Crippen molar-refractivity contribution in [1.29, 1.82) is 0 Å². The van der Waals surface area contributed by atoms with Crippen molar-refractivity contribution in [3.63, 3.8) is 0 Å². The minimum Gasteiger partial charge on any atom is -0.496 e. The third-order valence-electron chi connectivity index (χ3n) is 5.35. The van der Waals surface area contributed by atoms with Crippen LogP contribution in [0, 0.1) is 0 Å². The van der Waals surface area contributed by atoms with Crippen LogP contribution in [-0.4, -0.2) is 46.2 Å². The van der Waals surface area contributed by atoms with E-state index in [4.69, 9.17) is 15.2 Å². The molecule has 4 aromatic rings. The minimum absolute atomic E-state index is 0.116. The maximum atomic E-state index is 6.34. The van der Waals surface area contributed by atoms with Crippen LogP contribution in [0.2, 0.25) is 0 Å². The van der Waals surface area contributed by atoms with Gasteiger partial charge < -0.3 is 25.5 Å². The van der Waals surface area contributed by atoms with Crippen LogP contribution in [0.15, 0.2) is 36.9 Å². The molecule has 0 aromatic carbocycles. The van der Waals surface area contributed by atoms with E-state index in [1.165, 1.54) is 0 Å². The average Bonchev–Trinajstić information content (AvgIpc) is 3.14. The topological polar surface area (TPSA) is 111 Å². The normalized spacial score (nSPS) is 15.1. The second kappa shape index (κ2) is 7.21. The summed E-state index contributed by atoms with van der Waals surface area (Å²) in [5.74, 6) is 1.76. The molecule has 29 heavy (non-hydrogen) atoms. The Morgan fingerprint density at radius 2 is 2.00 bits per heavy atom. The predicted octanol–water partition coefficient (Wildman–Crippen LogP) is 2.89. The number of pyridine rings is 3. The number of H-pyrrole nitrogens is 1. The molecule has 0 spiro atoms. The summed E-state index contributed by atoms with van der Waals surface area (Å²) in [7, 11) is 1.65. The Bertz CT molecular complexity index is 1180. The van der Waals surface area contributed by atoms with E-state index < -0.39 is 0 Å². The molecular weight excluding hydrogens is 368 g/mol. The molecule has 4 aromatic heterocycles. The fourth-order valence-corrected chi connectivity index (χ4v) is 3.88. The van der Waals surface area contributed by atoms with Gasteiger partial charge in [0.05, 0.1) is 24.2 Å². The molecule has 5 rings (SSSR count). The van der Waals surface area contributed by atoms with Crippen LogP contribution in [0.3, 0.4) is 0 Å². The van der Waals surface area contributed by atoms with E-state index in [0.717, 1.165) is 64.7 Å². The number of aromatic amines is 1. The number of hydrogen-bond donors (Lipinski definition) is 3. The highest BCUT2D eigenvalue weighted by atomic mass is 16.5. The Hall–Kier alpha value is -3.39. The maximum Gasteiger partial charge on any atom is 0.171 e. The molecule has 0 aliphatic carbocycles. The summed E-state index contributed by atoms with van der Waals surface area (Å²) < 4.78 is 11.8. The first-order valence-corrected chi connectivity index (χ1v) is 9.66. The SMILES string of the molecule is COc1ccncc1-c1cnc2[nH]c3cnc(N)c(OC4CCNCC4)c3c2c1. The summed E-state index contributed by atoms with van der Waals surface area (Å²) in [5.41, 5.74) is 9.62. The van der Waals surface area contributed by atoms with Crippen molar-refractivity contribution in [1.82, 2.24) is 25.3 Å². The number of aromatic nitrogens is 4. The van der Waals surface area contributed by atoms with Gasteiger partial charge in [-0.2, -0.15) is 0 Å². The summed E-state index contributed by atoms with van der Waals surface area (Å²) >= 11 is 0. The second-order valence-corrected chi connectivity index (χ2v) is 7.15. The van der Waals surface area contributed by atoms with Crippen molar-refractivity contribution in [2.24, 2.45) is 0 Å². The molecule has 0 unspecified atom stereocenters. The maximum absolute atomic E-state index is 6.34. The second-order valence-electron chi connectivity index (χ2n) is 7.15. The molecule has 1 aliphatic rings. The number of hydrogen-bond acceptors (Lipinski definition) is 7. The number of nitrogens with two attached hydrogens (primary N) is 1. The van der Waals surface area contributed by atoms with Crippen LogP contribution in [0.1, 0.15) is 12.8 Å². The summed E-state index contributed by atoms with van der Waals surface area (Å²) in [4.78, 5) is 16.5. The van der Waals surface area contributed by atoms with Crippen molar-refractivity contribution in [2.45, 2.75) is 18.9 Å². The van der Waals surface area contributed by atoms with Crippen molar-refractivity contribution in [3.8, 4) is 22.6 Å². The standard InChI is InChI=1S/C21H22N6O2/c1-28-17-4-7-24-10-15(17)12-8-14-18-16(27-21(14)26-9-12)11-25-20(22)19(18)29-13-2-5-23-6-3-13/h4,7-11,13,23H,2-3,5-6H2,1H3,(H2,22,25)(H,26,27). The van der Waals surface area contributed by atoms with Crippen molar-refractivity contribution >= 4 is 27.8 Å². The fourth-order valence-electron chi connectivity index (χ4n) is 3.88. The molecule has 5 heterocycles. The van der Waals surface area contributed by atoms with Crippen molar-refractivity contribution in [3.05, 3.63) is 36.9 Å². The van der Waals surface area contributed by atoms with E-state index in [0.29, 0.717) is 11.6 Å². The zero-order chi connectivity index (χ0) is 19.8. The van der Waals surface area contributed by atoms with Gasteiger partial charge >= 0.3 is 0 Å². The Labute approximate surface area is 167 Å². The van der Waals surface area contributed by atoms with Crippen LogP contribution in [-0.2, 0) is 0 Å². The molecule has 8 heteroatoms. The summed E-state index contributed by atoms with van der Waals surface area (Å²) in [6, 6.07) is 3.90. The van der Waals surface area contributed by atoms with Gasteiger partial charge in [-0.25, -0.2) is 9.97 Å². The van der Waals surface area contributed by atoms with E-state index in [1.807, 2.05) is 6.07 Å². The number of ether oxygens (including phenoxy) is 2. The van der Waals surface area contributed by atoms with E-state index in [2.05, 4.69) is 31.3 Å². The highest BCUT2D eigenvalue weighted by molar-refractivity contribution is 6.11. The fraction of sp³-hybridized carbons (Fsp3) is 0.286. The molecule has 148 valence electrons. The van der Waals surface area contributed by atoms with Crippen LogP contribution in [0.25, 0.3) is 33.1 Å². The number of methoxy groups -OCH3 is 1. The van der Waals surface area contributed by atoms with E-state index in [1.54, 1.807) is 31.9 Å². The third-order valence-corrected chi connectivity index (χ3v) is 5.35. The lowest BCUT2D eigenvalue weighted by molar-refractivity contribution is 0.165. The number of nitrogens with zero attached hydrogens (tertiary/aromatic N) is 3. The summed E-state index contributed by atoms with van der Waals surface area (Å²) in [6.45, 7) is 1.88. The summed E-state index contributed by atoms with van der Waals surface area (Å²) in [5, 5.41) is 5.19. The molecule has 0 atom stereocenters. The Balaban J connectivity index is 1.68. The van der Waals surface area contributed by atoms with Gasteiger partial charge in [0.1, 0.15) is 17.5 Å². The average molecular weight is 390 g/mol. The van der Waals surface area contributed by atoms with Crippen LogP contribution >= 0.6 is 0 Å². The van der Waals surface area contributed by atoms with E-state index in [9.17, 15) is 0 Å². The van der Waals surface area contributed by atoms with Crippen LogP contribution in [0.4, 0.5) is 5.82 Å². The molecular formula is C21H22N6O2. The summed E-state index contributed by atoms with van der Waals surface area (Å²) in [6.07, 6.45) is 9.01. The van der Waals surface area contributed by atoms with Crippen LogP contribution < -0.4 is 20.5 Å². The molecule has 0 amide bonds. The number of piperidine rings is 1. The monoisotopic (exact) mass is 390 g/mol. The Kier molecular flexibility index (Phi) is 4.40. The molecule has 0 saturated carbocycles. The van der Waals surface area contributed by atoms with Gasteiger partial charge in [0, 0.05) is 35.1 Å². The smallest absolute Gasteiger partial charge is 0.171 e. The number of nitrogens with one attached hydrogen (secondary N) is 2. The molecule has 0 bridgehead atoms. The minimum atomic E-state index is 0.116. The van der Waals surface area contributed by atoms with Gasteiger partial charge in [0.2, 0.25) is 0 Å². The Morgan fingerprint density at radius 1 is 1.14 bits per heavy atom. The first-order chi connectivity index (χ1) is 14.2. The largest absolute Gasteiger partial charge is 0.496 e. The molecule has 1 fully saturated rings. The van der Waals surface area contributed by atoms with Gasteiger partial charge in [-0.05, 0) is 38.1 Å². The number of fused-ring (bicyclic) bond motifs is 3. The molecule has 1 aliphatic heterocycles. The first-order valence-electron chi connectivity index (χ1n) is 9.66. The Morgan fingerprint density at radius 3 is 2.83 bits per heavy atom. The van der Waals surface area contributed by atoms with Crippen LogP contribution in [0.5, 0.6) is 11.5 Å². The zero-order valence-electron chi connectivity index (χ0n) is 16.1. The highest BCUT2D eigenvalue weighted by Crippen LogP contribution is 2.39. The molecule has 4 N–H and O–H groups in total. The van der Waals surface area contributed by atoms with Gasteiger partial charge in [-0.3, -0.25) is 4.98 Å². The molecule has 8 nitrogen and oxygen atoms in total. The molecule has 0 radical (unpaired) electrons. The van der Waals surface area contributed by atoms with Crippen molar-refractivity contribution in [2.75, 3.05) is 25.9 Å². The van der Waals surface area contributed by atoms with Gasteiger partial charge in [0.15, 0.2) is 11.6 Å². The third kappa shape index (κ3) is 3.11. The number of anilines is 1. The van der Waals surface area contributed by atoms with Gasteiger partial charge in [-0.1, -0.05) is 0 Å². The lowest BCUT2D eigenvalue weighted by Gasteiger charge is -2.24. The quantitative estimate of drug-likeness (QED) is 0.491. The van der Waals surface area contributed by atoms with E-state index in [-0.39, 0.29) is 6.10 Å². The highest BCUT2D eigenvalue weighted by Gasteiger charge is 2.21. The van der Waals surface area contributed by atoms with Crippen molar-refractivity contribution < 1.29 is 9.47 Å². The first kappa shape index (κ1) is 17.7. The van der Waals surface area contributed by atoms with Gasteiger partial charge in [-0.15, -0.1) is 0 Å². The lowest BCUT2D eigenvalue weighted by Crippen LogP contribution is -2.34. The van der Waals surface area contributed by atoms with E-state index >= 15 is 0 Å². The number of nitrogen functional groups attached to an aromatic ring is 1. The number of rotatable bonds is 4. The zero-order valence-corrected chi connectivity index (χ0v) is 16.1. The van der Waals surface area contributed by atoms with Gasteiger partial charge in [0.25, 0.3) is 0 Å². The molecule has 1 saturated heterocycles.